The molecule has 0 amide bonds. The molecule has 0 atom stereocenters. The van der Waals surface area contributed by atoms with E-state index >= 15 is 0 Å². The molecule has 0 N–H and O–H groups in total. The number of nitrogens with zero attached hydrogens (tertiary/aromatic N) is 1. The molecule has 0 aromatic heterocycles. The summed E-state index contributed by atoms with van der Waals surface area (Å²) in [6.45, 7) is 1.22. The van der Waals surface area contributed by atoms with Crippen LogP contribution >= 0.6 is 11.6 Å². The lowest BCUT2D eigenvalue weighted by atomic mass is 10.1. The molecule has 1 aliphatic heterocycles. The molecular formula is C5H10ClNO3S. The highest BCUT2D eigenvalue weighted by molar-refractivity contribution is 7.85. The van der Waals surface area contributed by atoms with Crippen LogP contribution in [0, 0.1) is 5.92 Å². The first-order valence-corrected chi connectivity index (χ1v) is 5.57. The van der Waals surface area contributed by atoms with Gasteiger partial charge in [-0.2, -0.15) is 17.8 Å². The van der Waals surface area contributed by atoms with Gasteiger partial charge >= 0.3 is 0 Å². The Hall–Kier alpha value is 0.160. The summed E-state index contributed by atoms with van der Waals surface area (Å²) in [5.41, 5.74) is 0. The Morgan fingerprint density at radius 1 is 1.64 bits per heavy atom. The zero-order valence-electron chi connectivity index (χ0n) is 6.16. The summed E-state index contributed by atoms with van der Waals surface area (Å²) in [6, 6.07) is 0. The van der Waals surface area contributed by atoms with E-state index in [1.165, 1.54) is 5.06 Å². The summed E-state index contributed by atoms with van der Waals surface area (Å²) in [5, 5.41) is 1.39. The van der Waals surface area contributed by atoms with E-state index in [0.29, 0.717) is 24.9 Å². The maximum Gasteiger partial charge on any atom is 0.280 e. The second kappa shape index (κ2) is 3.26. The van der Waals surface area contributed by atoms with Gasteiger partial charge in [-0.15, -0.1) is 11.6 Å². The highest BCUT2D eigenvalue weighted by atomic mass is 35.5. The molecular weight excluding hydrogens is 190 g/mol. The molecule has 0 spiro atoms. The van der Waals surface area contributed by atoms with Crippen LogP contribution in [0.4, 0.5) is 0 Å². The molecule has 0 aromatic rings. The maximum absolute atomic E-state index is 10.5. The van der Waals surface area contributed by atoms with Gasteiger partial charge in [0.05, 0.1) is 6.26 Å². The molecule has 1 saturated heterocycles. The minimum atomic E-state index is -3.33. The highest BCUT2D eigenvalue weighted by Gasteiger charge is 2.29. The van der Waals surface area contributed by atoms with Crippen molar-refractivity contribution < 1.29 is 12.7 Å². The van der Waals surface area contributed by atoms with Crippen molar-refractivity contribution in [2.75, 3.05) is 25.2 Å². The third-order valence-electron chi connectivity index (χ3n) is 1.38. The predicted octanol–water partition coefficient (Wildman–Crippen LogP) is 0.0482. The lowest BCUT2D eigenvalue weighted by molar-refractivity contribution is -0.128. The van der Waals surface area contributed by atoms with Gasteiger partial charge in [0, 0.05) is 24.9 Å². The van der Waals surface area contributed by atoms with E-state index in [0.717, 1.165) is 6.26 Å². The lowest BCUT2D eigenvalue weighted by Gasteiger charge is -2.35. The van der Waals surface area contributed by atoms with Crippen molar-refractivity contribution in [2.45, 2.75) is 0 Å². The predicted molar refractivity (Wildman–Crippen MR) is 41.7 cm³/mol. The van der Waals surface area contributed by atoms with Gasteiger partial charge < -0.3 is 0 Å². The van der Waals surface area contributed by atoms with Crippen molar-refractivity contribution >= 4 is 21.7 Å². The van der Waals surface area contributed by atoms with Gasteiger partial charge in [0.15, 0.2) is 0 Å². The van der Waals surface area contributed by atoms with Crippen LogP contribution in [-0.2, 0) is 14.4 Å². The second-order valence-electron chi connectivity index (χ2n) is 2.65. The molecule has 1 heterocycles. The fourth-order valence-electron chi connectivity index (χ4n) is 0.872. The Morgan fingerprint density at radius 2 is 2.18 bits per heavy atom. The Morgan fingerprint density at radius 3 is 2.55 bits per heavy atom. The number of rotatable bonds is 3. The van der Waals surface area contributed by atoms with Crippen LogP contribution in [0.2, 0.25) is 0 Å². The molecule has 1 rings (SSSR count). The lowest BCUT2D eigenvalue weighted by Crippen LogP contribution is -2.48. The van der Waals surface area contributed by atoms with Crippen molar-refractivity contribution in [3.8, 4) is 0 Å². The molecule has 0 unspecified atom stereocenters. The minimum absolute atomic E-state index is 0.374. The SMILES string of the molecule is CS(=O)(=O)ON1CC(CCl)C1. The molecule has 0 aliphatic carbocycles. The summed E-state index contributed by atoms with van der Waals surface area (Å²) in [7, 11) is -3.33. The van der Waals surface area contributed by atoms with E-state index in [4.69, 9.17) is 11.6 Å². The Bertz CT molecular complexity index is 222. The zero-order valence-corrected chi connectivity index (χ0v) is 7.73. The highest BCUT2D eigenvalue weighted by Crippen LogP contribution is 2.17. The van der Waals surface area contributed by atoms with Gasteiger partial charge in [-0.05, 0) is 0 Å². The minimum Gasteiger partial charge on any atom is -0.198 e. The number of hydrogen-bond donors (Lipinski definition) is 0. The third kappa shape index (κ3) is 2.94. The van der Waals surface area contributed by atoms with E-state index in [1.54, 1.807) is 0 Å². The number of hydroxylamine groups is 2. The molecule has 1 aliphatic rings. The fourth-order valence-corrected chi connectivity index (χ4v) is 1.57. The van der Waals surface area contributed by atoms with Crippen LogP contribution < -0.4 is 0 Å². The topological polar surface area (TPSA) is 46.6 Å². The van der Waals surface area contributed by atoms with Crippen molar-refractivity contribution in [3.05, 3.63) is 0 Å². The molecule has 4 nitrogen and oxygen atoms in total. The fraction of sp³-hybridized carbons (Fsp3) is 1.00. The maximum atomic E-state index is 10.5. The molecule has 11 heavy (non-hydrogen) atoms. The number of hydrogen-bond acceptors (Lipinski definition) is 4. The van der Waals surface area contributed by atoms with Crippen molar-refractivity contribution in [3.63, 3.8) is 0 Å². The largest absolute Gasteiger partial charge is 0.280 e. The third-order valence-corrected chi connectivity index (χ3v) is 2.30. The smallest absolute Gasteiger partial charge is 0.198 e. The summed E-state index contributed by atoms with van der Waals surface area (Å²) < 4.78 is 25.6. The number of halogens is 1. The van der Waals surface area contributed by atoms with Crippen LogP contribution in [0.15, 0.2) is 0 Å². The van der Waals surface area contributed by atoms with Crippen LogP contribution in [-0.4, -0.2) is 38.7 Å². The molecule has 66 valence electrons. The van der Waals surface area contributed by atoms with E-state index in [-0.39, 0.29) is 0 Å². The van der Waals surface area contributed by atoms with E-state index in [9.17, 15) is 8.42 Å². The zero-order chi connectivity index (χ0) is 8.48. The molecule has 6 heteroatoms. The van der Waals surface area contributed by atoms with Crippen LogP contribution in [0.25, 0.3) is 0 Å². The summed E-state index contributed by atoms with van der Waals surface area (Å²) in [5.74, 6) is 0.933. The first-order chi connectivity index (χ1) is 5.01. The van der Waals surface area contributed by atoms with Gasteiger partial charge in [0.2, 0.25) is 0 Å². The molecule has 0 radical (unpaired) electrons. The van der Waals surface area contributed by atoms with Crippen LogP contribution in [0.1, 0.15) is 0 Å². The van der Waals surface area contributed by atoms with E-state index < -0.39 is 10.1 Å². The molecule has 0 saturated carbocycles. The van der Waals surface area contributed by atoms with Gasteiger partial charge in [0.1, 0.15) is 0 Å². The van der Waals surface area contributed by atoms with E-state index in [2.05, 4.69) is 4.28 Å². The van der Waals surface area contributed by atoms with Crippen LogP contribution in [0.5, 0.6) is 0 Å². The van der Waals surface area contributed by atoms with Gasteiger partial charge in [0.25, 0.3) is 10.1 Å². The number of alkyl halides is 1. The summed E-state index contributed by atoms with van der Waals surface area (Å²) in [6.07, 6.45) is 1.03. The Kier molecular flexibility index (Phi) is 2.74. The van der Waals surface area contributed by atoms with E-state index in [1.807, 2.05) is 0 Å². The normalized spacial score (nSPS) is 21.6. The van der Waals surface area contributed by atoms with Gasteiger partial charge in [-0.3, -0.25) is 0 Å². The monoisotopic (exact) mass is 199 g/mol. The molecule has 0 bridgehead atoms. The Balaban J connectivity index is 2.24. The first-order valence-electron chi connectivity index (χ1n) is 3.22. The van der Waals surface area contributed by atoms with Gasteiger partial charge in [-0.1, -0.05) is 0 Å². The quantitative estimate of drug-likeness (QED) is 0.603. The first kappa shape index (κ1) is 9.25. The summed E-state index contributed by atoms with van der Waals surface area (Å²) >= 11 is 5.51. The molecule has 1 fully saturated rings. The average molecular weight is 200 g/mol. The van der Waals surface area contributed by atoms with Crippen molar-refractivity contribution in [1.29, 1.82) is 0 Å². The van der Waals surface area contributed by atoms with Gasteiger partial charge in [-0.25, -0.2) is 0 Å². The second-order valence-corrected chi connectivity index (χ2v) is 4.51. The van der Waals surface area contributed by atoms with Crippen molar-refractivity contribution in [1.82, 2.24) is 5.06 Å². The standard InChI is InChI=1S/C5H10ClNO3S/c1-11(8,9)10-7-3-5(2-6)4-7/h5H,2-4H2,1H3. The van der Waals surface area contributed by atoms with Crippen molar-refractivity contribution in [2.24, 2.45) is 5.92 Å². The molecule has 0 aromatic carbocycles. The van der Waals surface area contributed by atoms with Crippen LogP contribution in [0.3, 0.4) is 0 Å². The average Bonchev–Trinajstić information content (AvgIpc) is 1.75. The Labute approximate surface area is 71.2 Å². The summed E-state index contributed by atoms with van der Waals surface area (Å²) in [4.78, 5) is 0.